The molecule has 2 rings (SSSR count). The fourth-order valence-electron chi connectivity index (χ4n) is 2.57. The summed E-state index contributed by atoms with van der Waals surface area (Å²) in [4.78, 5) is 27.8. The molecule has 0 aromatic heterocycles. The zero-order valence-corrected chi connectivity index (χ0v) is 15.2. The van der Waals surface area contributed by atoms with Crippen molar-refractivity contribution in [2.24, 2.45) is 0 Å². The molecule has 138 valence electrons. The average molecular weight is 348 g/mol. The lowest BCUT2D eigenvalue weighted by Crippen LogP contribution is -2.52. The number of piperazine rings is 1. The molecular weight excluding hydrogens is 320 g/mol. The number of para-hydroxylation sites is 1. The first-order valence-electron chi connectivity index (χ1n) is 8.65. The molecule has 0 aliphatic carbocycles. The van der Waals surface area contributed by atoms with Gasteiger partial charge in [-0.2, -0.15) is 0 Å². The molecular formula is C18H28N4O3. The summed E-state index contributed by atoms with van der Waals surface area (Å²) in [5.41, 5.74) is 0.662. The third kappa shape index (κ3) is 6.52. The van der Waals surface area contributed by atoms with Gasteiger partial charge in [-0.15, -0.1) is 0 Å². The number of carbonyl (C=O) groups is 2. The van der Waals surface area contributed by atoms with E-state index in [1.54, 1.807) is 4.90 Å². The van der Waals surface area contributed by atoms with Crippen molar-refractivity contribution in [2.45, 2.75) is 26.4 Å². The number of hydrogen-bond acceptors (Lipinski definition) is 4. The van der Waals surface area contributed by atoms with Crippen molar-refractivity contribution >= 4 is 17.8 Å². The molecule has 0 saturated carbocycles. The Balaban J connectivity index is 1.63. The van der Waals surface area contributed by atoms with Gasteiger partial charge in [0.1, 0.15) is 5.60 Å². The van der Waals surface area contributed by atoms with E-state index < -0.39 is 11.7 Å². The van der Waals surface area contributed by atoms with Gasteiger partial charge in [0.05, 0.1) is 0 Å². The monoisotopic (exact) mass is 348 g/mol. The van der Waals surface area contributed by atoms with E-state index in [1.807, 2.05) is 39.0 Å². The van der Waals surface area contributed by atoms with Crippen molar-refractivity contribution < 1.29 is 14.3 Å². The first kappa shape index (κ1) is 18.9. The van der Waals surface area contributed by atoms with Crippen LogP contribution >= 0.6 is 0 Å². The number of benzene rings is 1. The molecule has 1 heterocycles. The van der Waals surface area contributed by atoms with Gasteiger partial charge in [-0.3, -0.25) is 0 Å². The van der Waals surface area contributed by atoms with E-state index in [0.717, 1.165) is 13.1 Å². The lowest BCUT2D eigenvalue weighted by Gasteiger charge is -2.36. The maximum atomic E-state index is 12.2. The molecule has 25 heavy (non-hydrogen) atoms. The summed E-state index contributed by atoms with van der Waals surface area (Å²) in [6.07, 6.45) is -0.474. The molecule has 1 aromatic rings. The van der Waals surface area contributed by atoms with Crippen LogP contribution in [0, 0.1) is 0 Å². The second kappa shape index (κ2) is 8.60. The summed E-state index contributed by atoms with van der Waals surface area (Å²) in [6.45, 7) is 9.12. The number of nitrogens with zero attached hydrogens (tertiary/aromatic N) is 2. The van der Waals surface area contributed by atoms with Crippen LogP contribution in [0.3, 0.4) is 0 Å². The topological polar surface area (TPSA) is 73.9 Å². The van der Waals surface area contributed by atoms with Gasteiger partial charge >= 0.3 is 12.1 Å². The molecule has 1 aliphatic heterocycles. The summed E-state index contributed by atoms with van der Waals surface area (Å²) in [5.74, 6) is 0. The lowest BCUT2D eigenvalue weighted by molar-refractivity contribution is 0.0528. The van der Waals surface area contributed by atoms with E-state index >= 15 is 0 Å². The second-order valence-electron chi connectivity index (χ2n) is 6.97. The van der Waals surface area contributed by atoms with Crippen LogP contribution in [0.15, 0.2) is 30.3 Å². The molecule has 7 nitrogen and oxygen atoms in total. The molecule has 1 saturated heterocycles. The molecule has 0 bridgehead atoms. The van der Waals surface area contributed by atoms with Crippen molar-refractivity contribution in [3.05, 3.63) is 30.3 Å². The standard InChI is InChI=1S/C18H28N4O3/c1-18(2,3)25-17(24)20-10-9-19-16(23)22-13-11-21(12-14-22)15-7-5-4-6-8-15/h4-8H,9-14H2,1-3H3,(H,19,23)(H,20,24). The Morgan fingerprint density at radius 3 is 2.20 bits per heavy atom. The van der Waals surface area contributed by atoms with Crippen molar-refractivity contribution in [1.29, 1.82) is 0 Å². The molecule has 1 fully saturated rings. The maximum absolute atomic E-state index is 12.2. The Kier molecular flexibility index (Phi) is 6.50. The molecule has 0 unspecified atom stereocenters. The summed E-state index contributed by atoms with van der Waals surface area (Å²) in [6, 6.07) is 10.1. The largest absolute Gasteiger partial charge is 0.444 e. The Morgan fingerprint density at radius 1 is 1.00 bits per heavy atom. The quantitative estimate of drug-likeness (QED) is 0.817. The first-order chi connectivity index (χ1) is 11.8. The minimum absolute atomic E-state index is 0.0984. The minimum atomic E-state index is -0.522. The maximum Gasteiger partial charge on any atom is 0.407 e. The van der Waals surface area contributed by atoms with Crippen molar-refractivity contribution in [3.8, 4) is 0 Å². The number of nitrogens with one attached hydrogen (secondary N) is 2. The van der Waals surface area contributed by atoms with Crippen molar-refractivity contribution in [1.82, 2.24) is 15.5 Å². The Labute approximate surface area is 149 Å². The van der Waals surface area contributed by atoms with E-state index in [2.05, 4.69) is 27.7 Å². The van der Waals surface area contributed by atoms with Gasteiger partial charge in [0, 0.05) is 45.0 Å². The molecule has 0 spiro atoms. The normalized spacial score (nSPS) is 14.8. The third-order valence-corrected chi connectivity index (χ3v) is 3.76. The van der Waals surface area contributed by atoms with Gasteiger partial charge in [-0.1, -0.05) is 18.2 Å². The third-order valence-electron chi connectivity index (χ3n) is 3.76. The van der Waals surface area contributed by atoms with Crippen LogP contribution in [-0.4, -0.2) is 61.9 Å². The van der Waals surface area contributed by atoms with Gasteiger partial charge in [-0.25, -0.2) is 9.59 Å². The van der Waals surface area contributed by atoms with Crippen LogP contribution in [0.4, 0.5) is 15.3 Å². The Hall–Kier alpha value is -2.44. The van der Waals surface area contributed by atoms with Gasteiger partial charge in [0.25, 0.3) is 0 Å². The van der Waals surface area contributed by atoms with E-state index in [1.165, 1.54) is 5.69 Å². The summed E-state index contributed by atoms with van der Waals surface area (Å²) < 4.78 is 5.14. The molecule has 2 N–H and O–H groups in total. The van der Waals surface area contributed by atoms with Crippen molar-refractivity contribution in [3.63, 3.8) is 0 Å². The van der Waals surface area contributed by atoms with Crippen LogP contribution in [0.1, 0.15) is 20.8 Å². The van der Waals surface area contributed by atoms with E-state index in [9.17, 15) is 9.59 Å². The predicted octanol–water partition coefficient (Wildman–Crippen LogP) is 2.04. The number of alkyl carbamates (subject to hydrolysis) is 1. The number of rotatable bonds is 4. The first-order valence-corrected chi connectivity index (χ1v) is 8.65. The van der Waals surface area contributed by atoms with E-state index in [0.29, 0.717) is 26.2 Å². The highest BCUT2D eigenvalue weighted by Crippen LogP contribution is 2.15. The van der Waals surface area contributed by atoms with Gasteiger partial charge < -0.3 is 25.2 Å². The van der Waals surface area contributed by atoms with Gasteiger partial charge in [0.15, 0.2) is 0 Å². The van der Waals surface area contributed by atoms with Crippen LogP contribution in [0.25, 0.3) is 0 Å². The SMILES string of the molecule is CC(C)(C)OC(=O)NCCNC(=O)N1CCN(c2ccccc2)CC1. The number of amides is 3. The van der Waals surface area contributed by atoms with Crippen molar-refractivity contribution in [2.75, 3.05) is 44.2 Å². The molecule has 0 atom stereocenters. The van der Waals surface area contributed by atoms with Crippen LogP contribution in [-0.2, 0) is 4.74 Å². The highest BCUT2D eigenvalue weighted by molar-refractivity contribution is 5.74. The zero-order chi connectivity index (χ0) is 18.3. The van der Waals surface area contributed by atoms with Gasteiger partial charge in [-0.05, 0) is 32.9 Å². The number of anilines is 1. The molecule has 7 heteroatoms. The smallest absolute Gasteiger partial charge is 0.407 e. The summed E-state index contributed by atoms with van der Waals surface area (Å²) in [5, 5.41) is 5.45. The van der Waals surface area contributed by atoms with Crippen LogP contribution in [0.2, 0.25) is 0 Å². The Bertz CT molecular complexity index is 563. The highest BCUT2D eigenvalue weighted by Gasteiger charge is 2.21. The van der Waals surface area contributed by atoms with Gasteiger partial charge in [0.2, 0.25) is 0 Å². The lowest BCUT2D eigenvalue weighted by atomic mass is 10.2. The number of urea groups is 1. The summed E-state index contributed by atoms with van der Waals surface area (Å²) in [7, 11) is 0. The Morgan fingerprint density at radius 2 is 1.60 bits per heavy atom. The number of carbonyl (C=O) groups excluding carboxylic acids is 2. The van der Waals surface area contributed by atoms with Crippen LogP contribution < -0.4 is 15.5 Å². The fraction of sp³-hybridized carbons (Fsp3) is 0.556. The number of hydrogen-bond donors (Lipinski definition) is 2. The van der Waals surface area contributed by atoms with E-state index in [4.69, 9.17) is 4.74 Å². The average Bonchev–Trinajstić information content (AvgIpc) is 2.58. The second-order valence-corrected chi connectivity index (χ2v) is 6.97. The summed E-state index contributed by atoms with van der Waals surface area (Å²) >= 11 is 0. The fourth-order valence-corrected chi connectivity index (χ4v) is 2.57. The molecule has 1 aromatic carbocycles. The molecule has 3 amide bonds. The van der Waals surface area contributed by atoms with E-state index in [-0.39, 0.29) is 6.03 Å². The minimum Gasteiger partial charge on any atom is -0.444 e. The molecule has 0 radical (unpaired) electrons. The van der Waals surface area contributed by atoms with Crippen LogP contribution in [0.5, 0.6) is 0 Å². The number of ether oxygens (including phenoxy) is 1. The molecule has 1 aliphatic rings. The highest BCUT2D eigenvalue weighted by atomic mass is 16.6. The zero-order valence-electron chi connectivity index (χ0n) is 15.2. The predicted molar refractivity (Wildman–Crippen MR) is 97.9 cm³/mol.